The van der Waals surface area contributed by atoms with Crippen LogP contribution in [-0.2, 0) is 19.2 Å². The summed E-state index contributed by atoms with van der Waals surface area (Å²) in [4.78, 5) is 39.5. The number of carboxylic acids is 4. The fourth-order valence-corrected chi connectivity index (χ4v) is 0.794. The van der Waals surface area contributed by atoms with E-state index in [9.17, 15) is 29.4 Å². The fourth-order valence-electron chi connectivity index (χ4n) is 0.794. The topological polar surface area (TPSA) is 333 Å². The normalized spacial score (nSPS) is 10.0. The minimum atomic E-state index is -1.28. The maximum atomic E-state index is 9.97. The van der Waals surface area contributed by atoms with Crippen LogP contribution < -0.4 is 21.7 Å². The Balaban J connectivity index is -0.0000000432. The van der Waals surface area contributed by atoms with Crippen molar-refractivity contribution >= 4 is 46.9 Å². The van der Waals surface area contributed by atoms with Gasteiger partial charge in [0.15, 0.2) is 0 Å². The molecule has 0 saturated heterocycles. The van der Waals surface area contributed by atoms with Crippen molar-refractivity contribution < 1.29 is 61.5 Å². The standard InChI is InChI=1S/2C5H9NO4.Mg.4H2O/c2*6-3(5(9)10)1-2-4(7)8;;;;;/h2*3H,1-2,6H2,(H,7,8)(H,9,10);;4*1H2/q;;+2;;;;/p-2. The number of hydrogen-bond acceptors (Lipinski definition) is 8. The van der Waals surface area contributed by atoms with E-state index < -0.39 is 36.0 Å². The molecule has 15 heteroatoms. The van der Waals surface area contributed by atoms with E-state index in [1.807, 2.05) is 0 Å². The number of carbonyl (C=O) groups is 4. The van der Waals surface area contributed by atoms with Gasteiger partial charge < -0.3 is 63.4 Å². The summed E-state index contributed by atoms with van der Waals surface area (Å²) in [6.07, 6.45) is -0.795. The van der Waals surface area contributed by atoms with Crippen LogP contribution in [0, 0.1) is 0 Å². The third kappa shape index (κ3) is 34.7. The molecule has 0 aliphatic rings. The van der Waals surface area contributed by atoms with Crippen LogP contribution in [-0.4, -0.2) is 91.1 Å². The third-order valence-electron chi connectivity index (χ3n) is 1.95. The van der Waals surface area contributed by atoms with Crippen molar-refractivity contribution in [3.8, 4) is 0 Å². The molecule has 0 saturated carbocycles. The molecule has 2 unspecified atom stereocenters. The molecule has 0 aromatic rings. The van der Waals surface area contributed by atoms with Gasteiger partial charge >= 0.3 is 35.0 Å². The van der Waals surface area contributed by atoms with Crippen LogP contribution in [0.3, 0.4) is 0 Å². The third-order valence-corrected chi connectivity index (χ3v) is 1.95. The molecule has 0 aromatic heterocycles. The van der Waals surface area contributed by atoms with Gasteiger partial charge in [-0.1, -0.05) is 0 Å². The summed E-state index contributed by atoms with van der Waals surface area (Å²) >= 11 is 0. The maximum Gasteiger partial charge on any atom is 2.00 e. The molecule has 2 atom stereocenters. The second-order valence-corrected chi connectivity index (χ2v) is 3.71. The second-order valence-electron chi connectivity index (χ2n) is 3.71. The second kappa shape index (κ2) is 24.7. The monoisotopic (exact) mass is 388 g/mol. The number of aliphatic carboxylic acids is 4. The molecule has 0 spiro atoms. The van der Waals surface area contributed by atoms with Crippen molar-refractivity contribution in [1.82, 2.24) is 0 Å². The first-order valence-electron chi connectivity index (χ1n) is 5.44. The molecule has 0 aliphatic heterocycles. The van der Waals surface area contributed by atoms with Gasteiger partial charge in [-0.3, -0.25) is 9.59 Å². The Bertz CT molecular complexity index is 334. The summed E-state index contributed by atoms with van der Waals surface area (Å²) in [5.41, 5.74) is 9.95. The van der Waals surface area contributed by atoms with Gasteiger partial charge in [0, 0.05) is 11.9 Å². The Labute approximate surface area is 158 Å². The summed E-state index contributed by atoms with van der Waals surface area (Å²) in [5.74, 6) is -4.95. The first-order chi connectivity index (χ1) is 9.07. The van der Waals surface area contributed by atoms with Crippen LogP contribution in [0.5, 0.6) is 0 Å². The Morgan fingerprint density at radius 3 is 1.04 bits per heavy atom. The van der Waals surface area contributed by atoms with Crippen molar-refractivity contribution in [2.75, 3.05) is 0 Å². The van der Waals surface area contributed by atoms with E-state index >= 15 is 0 Å². The van der Waals surface area contributed by atoms with Gasteiger partial charge in [-0.2, -0.15) is 0 Å². The van der Waals surface area contributed by atoms with Gasteiger partial charge in [0.05, 0.1) is 0 Å². The van der Waals surface area contributed by atoms with Gasteiger partial charge in [-0.15, -0.1) is 0 Å². The van der Waals surface area contributed by atoms with Crippen molar-refractivity contribution in [2.24, 2.45) is 11.5 Å². The molecule has 0 amide bonds. The van der Waals surface area contributed by atoms with Gasteiger partial charge in [0.2, 0.25) is 0 Å². The first kappa shape index (κ1) is 43.7. The smallest absolute Gasteiger partial charge is 0.550 e. The number of hydrogen-bond donors (Lipinski definition) is 4. The van der Waals surface area contributed by atoms with E-state index in [1.165, 1.54) is 0 Å². The van der Waals surface area contributed by atoms with Crippen LogP contribution in [0.15, 0.2) is 0 Å². The summed E-state index contributed by atoms with van der Waals surface area (Å²) in [6.45, 7) is 0. The van der Waals surface area contributed by atoms with Crippen LogP contribution in [0.1, 0.15) is 25.7 Å². The Kier molecular flexibility index (Phi) is 43.1. The minimum Gasteiger partial charge on any atom is -0.550 e. The molecular formula is C10H24MgN2O12. The Hall–Kier alpha value is -1.59. The van der Waals surface area contributed by atoms with Gasteiger partial charge in [0.25, 0.3) is 0 Å². The molecule has 0 aliphatic carbocycles. The molecule has 0 heterocycles. The molecular weight excluding hydrogens is 364 g/mol. The Morgan fingerprint density at radius 2 is 0.920 bits per heavy atom. The van der Waals surface area contributed by atoms with Crippen LogP contribution in [0.2, 0.25) is 0 Å². The maximum absolute atomic E-state index is 9.97. The zero-order valence-corrected chi connectivity index (χ0v) is 14.6. The predicted octanol–water partition coefficient (Wildman–Crippen LogP) is -7.82. The van der Waals surface area contributed by atoms with Crippen molar-refractivity contribution in [2.45, 2.75) is 37.8 Å². The quantitative estimate of drug-likeness (QED) is 0.284. The van der Waals surface area contributed by atoms with E-state index in [0.717, 1.165) is 0 Å². The SMILES string of the molecule is NC(CCC(=O)[O-])C(=O)O.NC(CCC(=O)[O-])C(=O)O.O.O.O.O.[Mg+2]. The number of carboxylic acid groups (broad SMARTS) is 4. The van der Waals surface area contributed by atoms with E-state index in [2.05, 4.69) is 0 Å². The van der Waals surface area contributed by atoms with E-state index in [-0.39, 0.29) is 70.6 Å². The zero-order valence-electron chi connectivity index (χ0n) is 13.2. The minimum absolute atomic E-state index is 0. The molecule has 0 aromatic carbocycles. The molecule has 0 rings (SSSR count). The summed E-state index contributed by atoms with van der Waals surface area (Å²) < 4.78 is 0. The fraction of sp³-hybridized carbons (Fsp3) is 0.600. The summed E-state index contributed by atoms with van der Waals surface area (Å²) in [6, 6.07) is -2.20. The van der Waals surface area contributed by atoms with Gasteiger partial charge in [0.1, 0.15) is 12.1 Å². The molecule has 0 bridgehead atoms. The van der Waals surface area contributed by atoms with Crippen molar-refractivity contribution in [3.05, 3.63) is 0 Å². The van der Waals surface area contributed by atoms with E-state index in [4.69, 9.17) is 21.7 Å². The average molecular weight is 389 g/mol. The van der Waals surface area contributed by atoms with Crippen LogP contribution in [0.4, 0.5) is 0 Å². The van der Waals surface area contributed by atoms with Crippen molar-refractivity contribution in [1.29, 1.82) is 0 Å². The molecule has 0 radical (unpaired) electrons. The summed E-state index contributed by atoms with van der Waals surface area (Å²) in [5, 5.41) is 35.8. The molecule has 14 N–H and O–H groups in total. The first-order valence-corrected chi connectivity index (χ1v) is 5.44. The van der Waals surface area contributed by atoms with Gasteiger partial charge in [-0.25, -0.2) is 0 Å². The molecule has 148 valence electrons. The number of rotatable bonds is 8. The Morgan fingerprint density at radius 1 is 0.720 bits per heavy atom. The average Bonchev–Trinajstić information content (AvgIpc) is 2.33. The molecule has 0 fully saturated rings. The van der Waals surface area contributed by atoms with Crippen molar-refractivity contribution in [3.63, 3.8) is 0 Å². The zero-order chi connectivity index (χ0) is 16.3. The number of carbonyl (C=O) groups excluding carboxylic acids is 2. The van der Waals surface area contributed by atoms with E-state index in [1.54, 1.807) is 0 Å². The van der Waals surface area contributed by atoms with Gasteiger partial charge in [-0.05, 0) is 25.7 Å². The van der Waals surface area contributed by atoms with Crippen LogP contribution in [0.25, 0.3) is 0 Å². The number of nitrogens with two attached hydrogens (primary N) is 2. The molecule has 14 nitrogen and oxygen atoms in total. The molecule has 25 heavy (non-hydrogen) atoms. The van der Waals surface area contributed by atoms with E-state index in [0.29, 0.717) is 0 Å². The summed E-state index contributed by atoms with van der Waals surface area (Å²) in [7, 11) is 0. The van der Waals surface area contributed by atoms with Crippen LogP contribution >= 0.6 is 0 Å². The predicted molar refractivity (Wildman–Crippen MR) is 79.9 cm³/mol. The largest absolute Gasteiger partial charge is 2.00 e.